The van der Waals surface area contributed by atoms with Crippen LogP contribution in [0.1, 0.15) is 136 Å². The van der Waals surface area contributed by atoms with E-state index >= 15 is 0 Å². The van der Waals surface area contributed by atoms with Gasteiger partial charge in [0.05, 0.1) is 23.2 Å². The van der Waals surface area contributed by atoms with Crippen LogP contribution in [-0.4, -0.2) is 47.6 Å². The molecule has 4 aromatic rings. The molecule has 302 valence electrons. The summed E-state index contributed by atoms with van der Waals surface area (Å²) in [6.45, 7) is 23.6. The van der Waals surface area contributed by atoms with Crippen molar-refractivity contribution in [2.24, 2.45) is 10.9 Å². The predicted octanol–water partition coefficient (Wildman–Crippen LogP) is 13.0. The Morgan fingerprint density at radius 2 is 1.05 bits per heavy atom. The number of hydrogen-bond acceptors (Lipinski definition) is 7. The van der Waals surface area contributed by atoms with Crippen molar-refractivity contribution in [1.29, 1.82) is 0 Å². The summed E-state index contributed by atoms with van der Waals surface area (Å²) in [5.41, 5.74) is 3.88. The maximum absolute atomic E-state index is 5.88. The number of aliphatic imine (C=N–C) groups is 1. The highest BCUT2D eigenvalue weighted by molar-refractivity contribution is 5.26. The molecule has 1 aromatic carbocycles. The first-order chi connectivity index (χ1) is 27.2. The number of hydrogen-bond donors (Lipinski definition) is 0. The van der Waals surface area contributed by atoms with Gasteiger partial charge in [0.1, 0.15) is 12.2 Å². The number of allylic oxidation sites excluding steroid dienone is 2. The summed E-state index contributed by atoms with van der Waals surface area (Å²) in [7, 11) is 0. The molecule has 3 aromatic heterocycles. The second-order valence-corrected chi connectivity index (χ2v) is 11.4. The lowest BCUT2D eigenvalue weighted by molar-refractivity contribution is 0.00956. The van der Waals surface area contributed by atoms with Gasteiger partial charge in [0, 0.05) is 44.6 Å². The van der Waals surface area contributed by atoms with E-state index in [9.17, 15) is 0 Å². The van der Waals surface area contributed by atoms with E-state index in [2.05, 4.69) is 51.8 Å². The van der Waals surface area contributed by atoms with Gasteiger partial charge in [-0.3, -0.25) is 19.9 Å². The van der Waals surface area contributed by atoms with Crippen molar-refractivity contribution in [2.45, 2.75) is 119 Å². The molecule has 2 unspecified atom stereocenters. The van der Waals surface area contributed by atoms with Crippen LogP contribution < -0.4 is 0 Å². The molecule has 2 atom stereocenters. The summed E-state index contributed by atoms with van der Waals surface area (Å²) >= 11 is 0. The maximum Gasteiger partial charge on any atom is 0.141 e. The van der Waals surface area contributed by atoms with Gasteiger partial charge in [0.25, 0.3) is 0 Å². The highest BCUT2D eigenvalue weighted by Crippen LogP contribution is 2.30. The first kappa shape index (κ1) is 50.7. The van der Waals surface area contributed by atoms with Gasteiger partial charge in [-0.25, -0.2) is 0 Å². The monoisotopic (exact) mass is 753 g/mol. The zero-order valence-corrected chi connectivity index (χ0v) is 35.5. The van der Waals surface area contributed by atoms with Crippen LogP contribution in [-0.2, 0) is 14.2 Å². The lowest BCUT2D eigenvalue weighted by Gasteiger charge is -2.29. The zero-order chi connectivity index (χ0) is 40.8. The average Bonchev–Trinajstić information content (AvgIpc) is 3.28. The summed E-state index contributed by atoms with van der Waals surface area (Å²) in [6.07, 6.45) is 21.2. The van der Waals surface area contributed by atoms with E-state index in [1.165, 1.54) is 32.1 Å². The molecule has 0 amide bonds. The molecule has 1 aliphatic carbocycles. The largest absolute Gasteiger partial charge is 0.378 e. The fourth-order valence-corrected chi connectivity index (χ4v) is 5.75. The third kappa shape index (κ3) is 22.0. The summed E-state index contributed by atoms with van der Waals surface area (Å²) in [6, 6.07) is 27.7. The van der Waals surface area contributed by atoms with Crippen molar-refractivity contribution in [3.63, 3.8) is 0 Å². The SMILES string of the molecule is C=N/C=C\C=C/CC(OCC)C1CCCCC1.CC.CC.CC.CCOC(c1ccccc1)c1ccccn1.CCOC(c1ccccn1)c1ccccn1. The lowest BCUT2D eigenvalue weighted by Crippen LogP contribution is -2.25. The van der Waals surface area contributed by atoms with Crippen molar-refractivity contribution in [1.82, 2.24) is 15.0 Å². The van der Waals surface area contributed by atoms with Gasteiger partial charge >= 0.3 is 0 Å². The number of nitrogens with zero attached hydrogens (tertiary/aromatic N) is 4. The van der Waals surface area contributed by atoms with E-state index in [1.54, 1.807) is 24.8 Å². The fraction of sp³-hybridized carbons (Fsp3) is 0.458. The highest BCUT2D eigenvalue weighted by Gasteiger charge is 2.23. The predicted molar refractivity (Wildman–Crippen MR) is 235 cm³/mol. The van der Waals surface area contributed by atoms with Crippen LogP contribution in [0.3, 0.4) is 0 Å². The minimum absolute atomic E-state index is 0.0626. The van der Waals surface area contributed by atoms with E-state index in [0.717, 1.165) is 41.6 Å². The van der Waals surface area contributed by atoms with E-state index < -0.39 is 0 Å². The van der Waals surface area contributed by atoms with Gasteiger partial charge < -0.3 is 14.2 Å². The topological polar surface area (TPSA) is 78.7 Å². The van der Waals surface area contributed by atoms with E-state index in [0.29, 0.717) is 19.3 Å². The quantitative estimate of drug-likeness (QED) is 0.0888. The third-order valence-electron chi connectivity index (χ3n) is 8.00. The summed E-state index contributed by atoms with van der Waals surface area (Å²) in [4.78, 5) is 16.6. The third-order valence-corrected chi connectivity index (χ3v) is 8.00. The Morgan fingerprint density at radius 3 is 1.49 bits per heavy atom. The maximum atomic E-state index is 5.88. The van der Waals surface area contributed by atoms with Crippen LogP contribution in [0, 0.1) is 5.92 Å². The number of rotatable bonds is 15. The minimum Gasteiger partial charge on any atom is -0.378 e. The smallest absolute Gasteiger partial charge is 0.141 e. The molecular formula is C48H72N4O3. The van der Waals surface area contributed by atoms with Crippen molar-refractivity contribution in [3.8, 4) is 0 Å². The molecule has 7 heteroatoms. The van der Waals surface area contributed by atoms with E-state index in [-0.39, 0.29) is 12.2 Å². The Kier molecular flexibility index (Phi) is 33.8. The fourth-order valence-electron chi connectivity index (χ4n) is 5.75. The second kappa shape index (κ2) is 36.7. The molecule has 0 saturated heterocycles. The molecule has 5 rings (SSSR count). The second-order valence-electron chi connectivity index (χ2n) is 11.4. The van der Waals surface area contributed by atoms with Crippen LogP contribution in [0.15, 0.2) is 133 Å². The van der Waals surface area contributed by atoms with Crippen LogP contribution in [0.4, 0.5) is 0 Å². The number of ether oxygens (including phenoxy) is 3. The van der Waals surface area contributed by atoms with Gasteiger partial charge in [-0.05, 0) is 101 Å². The Hall–Kier alpha value is -4.30. The molecule has 3 heterocycles. The summed E-state index contributed by atoms with van der Waals surface area (Å²) in [5, 5.41) is 0. The Morgan fingerprint density at radius 1 is 0.600 bits per heavy atom. The molecule has 0 spiro atoms. The molecule has 0 N–H and O–H groups in total. The number of pyridine rings is 3. The molecule has 55 heavy (non-hydrogen) atoms. The number of benzene rings is 1. The van der Waals surface area contributed by atoms with Crippen LogP contribution in [0.25, 0.3) is 0 Å². The van der Waals surface area contributed by atoms with Crippen molar-refractivity contribution in [3.05, 3.63) is 151 Å². The Balaban J connectivity index is 0.000000743. The first-order valence-corrected chi connectivity index (χ1v) is 20.6. The van der Waals surface area contributed by atoms with Gasteiger partial charge in [0.15, 0.2) is 0 Å². The van der Waals surface area contributed by atoms with Gasteiger partial charge in [-0.15, -0.1) is 0 Å². The number of aromatic nitrogens is 3. The summed E-state index contributed by atoms with van der Waals surface area (Å²) < 4.78 is 17.3. The molecule has 1 aliphatic rings. The molecule has 7 nitrogen and oxygen atoms in total. The lowest BCUT2D eigenvalue weighted by atomic mass is 9.84. The van der Waals surface area contributed by atoms with Gasteiger partial charge in [0.2, 0.25) is 0 Å². The van der Waals surface area contributed by atoms with Gasteiger partial charge in [-0.2, -0.15) is 0 Å². The molecule has 0 bridgehead atoms. The van der Waals surface area contributed by atoms with Crippen LogP contribution >= 0.6 is 0 Å². The average molecular weight is 753 g/mol. The van der Waals surface area contributed by atoms with E-state index in [1.807, 2.05) is 140 Å². The van der Waals surface area contributed by atoms with Crippen molar-refractivity contribution in [2.75, 3.05) is 19.8 Å². The Bertz CT molecular complexity index is 1270. The highest BCUT2D eigenvalue weighted by atomic mass is 16.5. The molecule has 0 aliphatic heterocycles. The van der Waals surface area contributed by atoms with Crippen molar-refractivity contribution < 1.29 is 14.2 Å². The molecule has 0 radical (unpaired) electrons. The standard InChI is InChI=1S/C15H25NO.C14H15NO.C13H14N2O.3C2H6/c1-3-17-15(12-8-5-9-13-16-2)14-10-6-4-7-11-14;1-2-16-14(12-8-4-3-5-9-12)13-10-6-7-11-15-13;1-2-16-13(11-7-3-5-9-14-11)12-8-4-6-10-15-12;3*1-2/h5,8-9,13-15H,2-4,6-7,10-12H2,1H3;3-11,14H,2H2,1H3;3-10,13H,2H2,1H3;3*1-2H3/b8-5-,13-9-;;;;;. The molecule has 1 fully saturated rings. The summed E-state index contributed by atoms with van der Waals surface area (Å²) in [5.74, 6) is 0.759. The molecular weight excluding hydrogens is 681 g/mol. The zero-order valence-electron chi connectivity index (χ0n) is 35.5. The first-order valence-electron chi connectivity index (χ1n) is 20.6. The van der Waals surface area contributed by atoms with Gasteiger partial charge in [-0.1, -0.05) is 121 Å². The minimum atomic E-state index is -0.174. The normalized spacial score (nSPS) is 13.2. The van der Waals surface area contributed by atoms with Crippen LogP contribution in [0.5, 0.6) is 0 Å². The van der Waals surface area contributed by atoms with Crippen molar-refractivity contribution >= 4 is 6.72 Å². The van der Waals surface area contributed by atoms with E-state index in [4.69, 9.17) is 14.2 Å². The van der Waals surface area contributed by atoms with Crippen LogP contribution in [0.2, 0.25) is 0 Å². The molecule has 1 saturated carbocycles. The Labute approximate surface area is 335 Å².